The summed E-state index contributed by atoms with van der Waals surface area (Å²) in [5.74, 6) is 2.26. The van der Waals surface area contributed by atoms with Gasteiger partial charge in [-0.15, -0.1) is 0 Å². The van der Waals surface area contributed by atoms with Crippen molar-refractivity contribution in [2.24, 2.45) is 0 Å². The molecule has 0 aliphatic heterocycles. The zero-order valence-corrected chi connectivity index (χ0v) is 12.4. The summed E-state index contributed by atoms with van der Waals surface area (Å²) < 4.78 is 5.20. The Morgan fingerprint density at radius 1 is 1.35 bits per heavy atom. The zero-order chi connectivity index (χ0) is 14.5. The second-order valence-electron chi connectivity index (χ2n) is 4.80. The Morgan fingerprint density at radius 2 is 2.15 bits per heavy atom. The van der Waals surface area contributed by atoms with E-state index in [9.17, 15) is 0 Å². The SMILES string of the molecule is CCCNc1nccc(NC(C)c2c(C)noc2C)n1. The van der Waals surface area contributed by atoms with Crippen molar-refractivity contribution in [3.05, 3.63) is 29.3 Å². The molecule has 0 fully saturated rings. The van der Waals surface area contributed by atoms with Crippen LogP contribution in [-0.2, 0) is 0 Å². The smallest absolute Gasteiger partial charge is 0.224 e. The summed E-state index contributed by atoms with van der Waals surface area (Å²) in [6.07, 6.45) is 2.78. The predicted molar refractivity (Wildman–Crippen MR) is 78.8 cm³/mol. The van der Waals surface area contributed by atoms with E-state index in [-0.39, 0.29) is 6.04 Å². The molecule has 2 aromatic rings. The Kier molecular flexibility index (Phi) is 4.55. The van der Waals surface area contributed by atoms with E-state index in [4.69, 9.17) is 4.52 Å². The Morgan fingerprint density at radius 3 is 2.80 bits per heavy atom. The maximum absolute atomic E-state index is 5.20. The van der Waals surface area contributed by atoms with Crippen molar-refractivity contribution in [2.75, 3.05) is 17.2 Å². The van der Waals surface area contributed by atoms with Gasteiger partial charge in [-0.25, -0.2) is 4.98 Å². The lowest BCUT2D eigenvalue weighted by molar-refractivity contribution is 0.392. The molecule has 6 heteroatoms. The minimum atomic E-state index is 0.0789. The van der Waals surface area contributed by atoms with Crippen LogP contribution in [0.3, 0.4) is 0 Å². The zero-order valence-electron chi connectivity index (χ0n) is 12.4. The first kappa shape index (κ1) is 14.3. The van der Waals surface area contributed by atoms with Gasteiger partial charge in [0.05, 0.1) is 11.7 Å². The van der Waals surface area contributed by atoms with Crippen LogP contribution < -0.4 is 10.6 Å². The van der Waals surface area contributed by atoms with Crippen molar-refractivity contribution in [3.63, 3.8) is 0 Å². The Labute approximate surface area is 119 Å². The average molecular weight is 275 g/mol. The summed E-state index contributed by atoms with van der Waals surface area (Å²) in [6.45, 7) is 8.89. The molecule has 0 saturated carbocycles. The first-order chi connectivity index (χ1) is 9.61. The minimum Gasteiger partial charge on any atom is -0.363 e. The van der Waals surface area contributed by atoms with Crippen LogP contribution in [0.25, 0.3) is 0 Å². The van der Waals surface area contributed by atoms with E-state index in [2.05, 4.69) is 39.6 Å². The number of nitrogens with zero attached hydrogens (tertiary/aromatic N) is 3. The molecule has 0 amide bonds. The third-order valence-corrected chi connectivity index (χ3v) is 3.07. The second kappa shape index (κ2) is 6.36. The fourth-order valence-corrected chi connectivity index (χ4v) is 2.16. The maximum Gasteiger partial charge on any atom is 0.224 e. The topological polar surface area (TPSA) is 75.9 Å². The third kappa shape index (κ3) is 3.26. The number of hydrogen-bond donors (Lipinski definition) is 2. The maximum atomic E-state index is 5.20. The van der Waals surface area contributed by atoms with Crippen LogP contribution in [-0.4, -0.2) is 21.7 Å². The van der Waals surface area contributed by atoms with Crippen LogP contribution >= 0.6 is 0 Å². The molecule has 2 N–H and O–H groups in total. The average Bonchev–Trinajstić information content (AvgIpc) is 2.76. The number of aromatic nitrogens is 3. The van der Waals surface area contributed by atoms with Gasteiger partial charge < -0.3 is 15.2 Å². The van der Waals surface area contributed by atoms with Gasteiger partial charge in [0.25, 0.3) is 0 Å². The first-order valence-electron chi connectivity index (χ1n) is 6.88. The van der Waals surface area contributed by atoms with E-state index >= 15 is 0 Å². The van der Waals surface area contributed by atoms with Gasteiger partial charge in [0.1, 0.15) is 11.6 Å². The molecule has 1 unspecified atom stereocenters. The molecule has 2 aromatic heterocycles. The van der Waals surface area contributed by atoms with Crippen LogP contribution in [0.4, 0.5) is 11.8 Å². The van der Waals surface area contributed by atoms with Crippen molar-refractivity contribution in [2.45, 2.75) is 40.2 Å². The molecule has 2 rings (SSSR count). The first-order valence-corrected chi connectivity index (χ1v) is 6.88. The molecule has 108 valence electrons. The monoisotopic (exact) mass is 275 g/mol. The summed E-state index contributed by atoms with van der Waals surface area (Å²) in [7, 11) is 0. The van der Waals surface area contributed by atoms with Gasteiger partial charge in [-0.1, -0.05) is 12.1 Å². The largest absolute Gasteiger partial charge is 0.363 e. The van der Waals surface area contributed by atoms with Gasteiger partial charge in [-0.05, 0) is 33.3 Å². The molecule has 0 aliphatic rings. The highest BCUT2D eigenvalue weighted by Crippen LogP contribution is 2.24. The minimum absolute atomic E-state index is 0.0789. The lowest BCUT2D eigenvalue weighted by atomic mass is 10.1. The molecule has 2 heterocycles. The summed E-state index contributed by atoms with van der Waals surface area (Å²) in [6, 6.07) is 1.93. The predicted octanol–water partition coefficient (Wildman–Crippen LogP) is 3.08. The van der Waals surface area contributed by atoms with Gasteiger partial charge >= 0.3 is 0 Å². The molecule has 20 heavy (non-hydrogen) atoms. The van der Waals surface area contributed by atoms with Crippen LogP contribution in [0.2, 0.25) is 0 Å². The number of hydrogen-bond acceptors (Lipinski definition) is 6. The van der Waals surface area contributed by atoms with Gasteiger partial charge in [-0.2, -0.15) is 4.98 Å². The van der Waals surface area contributed by atoms with Crippen molar-refractivity contribution >= 4 is 11.8 Å². The Bertz CT molecular complexity index is 547. The molecular formula is C14H21N5O. The second-order valence-corrected chi connectivity index (χ2v) is 4.80. The lowest BCUT2D eigenvalue weighted by Crippen LogP contribution is -2.11. The van der Waals surface area contributed by atoms with Gasteiger partial charge in [-0.3, -0.25) is 0 Å². The van der Waals surface area contributed by atoms with Gasteiger partial charge in [0.2, 0.25) is 5.95 Å². The van der Waals surface area contributed by atoms with Crippen molar-refractivity contribution < 1.29 is 4.52 Å². The number of anilines is 2. The molecule has 6 nitrogen and oxygen atoms in total. The van der Waals surface area contributed by atoms with E-state index < -0.39 is 0 Å². The van der Waals surface area contributed by atoms with Crippen molar-refractivity contribution in [3.8, 4) is 0 Å². The highest BCUT2D eigenvalue weighted by molar-refractivity contribution is 5.42. The van der Waals surface area contributed by atoms with E-state index in [1.807, 2.05) is 19.9 Å². The molecule has 0 radical (unpaired) electrons. The van der Waals surface area contributed by atoms with Crippen molar-refractivity contribution in [1.82, 2.24) is 15.1 Å². The standard InChI is InChI=1S/C14H21N5O/c1-5-7-15-14-16-8-6-12(18-14)17-9(2)13-10(3)19-20-11(13)4/h6,8-9H,5,7H2,1-4H3,(H2,15,16,17,18). The molecule has 0 saturated heterocycles. The molecule has 0 spiro atoms. The highest BCUT2D eigenvalue weighted by atomic mass is 16.5. The summed E-state index contributed by atoms with van der Waals surface area (Å²) in [4.78, 5) is 8.62. The molecule has 1 atom stereocenters. The number of rotatable bonds is 6. The van der Waals surface area contributed by atoms with Crippen LogP contribution in [0, 0.1) is 13.8 Å². The Balaban J connectivity index is 2.09. The van der Waals surface area contributed by atoms with E-state index in [1.54, 1.807) is 6.20 Å². The van der Waals surface area contributed by atoms with Crippen LogP contribution in [0.5, 0.6) is 0 Å². The normalized spacial score (nSPS) is 12.2. The highest BCUT2D eigenvalue weighted by Gasteiger charge is 2.16. The lowest BCUT2D eigenvalue weighted by Gasteiger charge is -2.14. The van der Waals surface area contributed by atoms with E-state index in [0.29, 0.717) is 5.95 Å². The summed E-state index contributed by atoms with van der Waals surface area (Å²) in [5, 5.41) is 10.5. The quantitative estimate of drug-likeness (QED) is 0.843. The van der Waals surface area contributed by atoms with Gasteiger partial charge in [0.15, 0.2) is 0 Å². The summed E-state index contributed by atoms with van der Waals surface area (Å²) >= 11 is 0. The molecular weight excluding hydrogens is 254 g/mol. The molecule has 0 bridgehead atoms. The van der Waals surface area contributed by atoms with Gasteiger partial charge in [0, 0.05) is 18.3 Å². The molecule has 0 aliphatic carbocycles. The van der Waals surface area contributed by atoms with Crippen LogP contribution in [0.15, 0.2) is 16.8 Å². The number of aryl methyl sites for hydroxylation is 2. The number of nitrogens with one attached hydrogen (secondary N) is 2. The van der Waals surface area contributed by atoms with Crippen LogP contribution in [0.1, 0.15) is 43.3 Å². The fourth-order valence-electron chi connectivity index (χ4n) is 2.16. The Hall–Kier alpha value is -2.11. The summed E-state index contributed by atoms with van der Waals surface area (Å²) in [5.41, 5.74) is 1.98. The molecule has 0 aromatic carbocycles. The van der Waals surface area contributed by atoms with Crippen molar-refractivity contribution in [1.29, 1.82) is 0 Å². The fraction of sp³-hybridized carbons (Fsp3) is 0.500. The van der Waals surface area contributed by atoms with E-state index in [0.717, 1.165) is 35.8 Å². The van der Waals surface area contributed by atoms with E-state index in [1.165, 1.54) is 0 Å². The third-order valence-electron chi connectivity index (χ3n) is 3.07.